The summed E-state index contributed by atoms with van der Waals surface area (Å²) in [6, 6.07) is 13.1. The summed E-state index contributed by atoms with van der Waals surface area (Å²) < 4.78 is 43.7. The van der Waals surface area contributed by atoms with Crippen molar-refractivity contribution >= 4 is 5.97 Å². The maximum Gasteiger partial charge on any atom is 0.343 e. The van der Waals surface area contributed by atoms with Gasteiger partial charge in [0.25, 0.3) is 0 Å². The molecule has 0 bridgehead atoms. The molecule has 2 unspecified atom stereocenters. The van der Waals surface area contributed by atoms with Crippen molar-refractivity contribution in [1.82, 2.24) is 0 Å². The first-order chi connectivity index (χ1) is 17.0. The van der Waals surface area contributed by atoms with Crippen LogP contribution in [0, 0.1) is 0 Å². The van der Waals surface area contributed by atoms with Gasteiger partial charge in [-0.2, -0.15) is 0 Å². The quantitative estimate of drug-likeness (QED) is 0.120. The van der Waals surface area contributed by atoms with Gasteiger partial charge < -0.3 is 14.2 Å². The molecule has 0 N–H and O–H groups in total. The topological polar surface area (TPSA) is 44.8 Å². The van der Waals surface area contributed by atoms with E-state index in [-0.39, 0.29) is 13.0 Å². The fourth-order valence-corrected chi connectivity index (χ4v) is 3.62. The van der Waals surface area contributed by atoms with Crippen molar-refractivity contribution in [1.29, 1.82) is 0 Å². The highest BCUT2D eigenvalue weighted by molar-refractivity contribution is 5.91. The Hall–Kier alpha value is -2.63. The number of carbonyl (C=O) groups excluding carboxylic acids is 1. The van der Waals surface area contributed by atoms with Gasteiger partial charge in [-0.3, -0.25) is 0 Å². The Morgan fingerprint density at radius 3 is 1.86 bits per heavy atom. The number of halogens is 2. The van der Waals surface area contributed by atoms with Crippen LogP contribution in [0.25, 0.3) is 0 Å². The van der Waals surface area contributed by atoms with Crippen molar-refractivity contribution in [3.05, 3.63) is 54.1 Å². The minimum absolute atomic E-state index is 0.168. The van der Waals surface area contributed by atoms with Crippen LogP contribution >= 0.6 is 0 Å². The first-order valence-corrected chi connectivity index (χ1v) is 13.0. The second kappa shape index (κ2) is 16.9. The molecule has 194 valence electrons. The van der Waals surface area contributed by atoms with Crippen molar-refractivity contribution in [2.75, 3.05) is 13.2 Å². The zero-order valence-electron chi connectivity index (χ0n) is 21.1. The van der Waals surface area contributed by atoms with Crippen molar-refractivity contribution in [2.45, 2.75) is 90.4 Å². The van der Waals surface area contributed by atoms with Crippen LogP contribution in [0.5, 0.6) is 17.2 Å². The van der Waals surface area contributed by atoms with E-state index in [9.17, 15) is 13.6 Å². The predicted molar refractivity (Wildman–Crippen MR) is 136 cm³/mol. The molecular weight excluding hydrogens is 450 g/mol. The molecule has 2 aromatic rings. The third-order valence-corrected chi connectivity index (χ3v) is 5.76. The Kier molecular flexibility index (Phi) is 13.8. The molecule has 2 rings (SSSR count). The van der Waals surface area contributed by atoms with Crippen LogP contribution in [0.2, 0.25) is 0 Å². The molecule has 4 nitrogen and oxygen atoms in total. The number of carbonyl (C=O) groups is 1. The summed E-state index contributed by atoms with van der Waals surface area (Å²) in [5.74, 6) is 1.01. The van der Waals surface area contributed by atoms with Crippen molar-refractivity contribution in [2.24, 2.45) is 0 Å². The van der Waals surface area contributed by atoms with Gasteiger partial charge in [-0.05, 0) is 61.4 Å². The SMILES string of the molecule is CCCCCCCCCCOc1ccc(OC(=O)c2ccc(OCC(F)C(F)CCC)cc2)cc1. The first-order valence-electron chi connectivity index (χ1n) is 13.0. The molecule has 0 heterocycles. The molecule has 0 saturated heterocycles. The molecule has 0 aliphatic carbocycles. The molecule has 0 aromatic heterocycles. The van der Waals surface area contributed by atoms with Crippen LogP contribution in [-0.2, 0) is 0 Å². The molecule has 0 fully saturated rings. The molecule has 6 heteroatoms. The summed E-state index contributed by atoms with van der Waals surface area (Å²) in [7, 11) is 0. The highest BCUT2D eigenvalue weighted by Crippen LogP contribution is 2.21. The van der Waals surface area contributed by atoms with Gasteiger partial charge in [-0.15, -0.1) is 0 Å². The standard InChI is InChI=1S/C29H40F2O4/c1-3-5-6-7-8-9-10-11-21-33-24-17-19-26(20-18-24)35-29(32)23-13-15-25(16-14-23)34-22-28(31)27(30)12-4-2/h13-20,27-28H,3-12,21-22H2,1-2H3. The van der Waals surface area contributed by atoms with Gasteiger partial charge in [0.2, 0.25) is 0 Å². The fourth-order valence-electron chi connectivity index (χ4n) is 3.62. The Labute approximate surface area is 209 Å². The summed E-state index contributed by atoms with van der Waals surface area (Å²) in [5.41, 5.74) is 0.332. The lowest BCUT2D eigenvalue weighted by Crippen LogP contribution is -2.24. The number of alkyl halides is 2. The number of benzene rings is 2. The lowest BCUT2D eigenvalue weighted by atomic mass is 10.1. The van der Waals surface area contributed by atoms with Gasteiger partial charge in [-0.1, -0.05) is 65.2 Å². The maximum absolute atomic E-state index is 13.7. The molecule has 2 aromatic carbocycles. The number of ether oxygens (including phenoxy) is 3. The predicted octanol–water partition coefficient (Wildman–Crippen LogP) is 8.28. The fraction of sp³-hybridized carbons (Fsp3) is 0.552. The van der Waals surface area contributed by atoms with E-state index in [2.05, 4.69) is 6.92 Å². The number of rotatable bonds is 18. The van der Waals surface area contributed by atoms with E-state index in [1.807, 2.05) is 0 Å². The third-order valence-electron chi connectivity index (χ3n) is 5.76. The van der Waals surface area contributed by atoms with Crippen LogP contribution in [0.3, 0.4) is 0 Å². The minimum Gasteiger partial charge on any atom is -0.494 e. The average Bonchev–Trinajstić information content (AvgIpc) is 2.87. The second-order valence-electron chi connectivity index (χ2n) is 8.84. The van der Waals surface area contributed by atoms with Crippen molar-refractivity contribution in [3.63, 3.8) is 0 Å². The molecule has 0 amide bonds. The number of hydrogen-bond acceptors (Lipinski definition) is 4. The summed E-state index contributed by atoms with van der Waals surface area (Å²) in [6.07, 6.45) is 7.57. The van der Waals surface area contributed by atoms with E-state index in [0.29, 0.717) is 30.1 Å². The van der Waals surface area contributed by atoms with Crippen LogP contribution in [0.15, 0.2) is 48.5 Å². The summed E-state index contributed by atoms with van der Waals surface area (Å²) >= 11 is 0. The van der Waals surface area contributed by atoms with Gasteiger partial charge in [0.15, 0.2) is 6.17 Å². The number of esters is 1. The zero-order valence-corrected chi connectivity index (χ0v) is 21.1. The molecule has 0 spiro atoms. The molecule has 2 atom stereocenters. The van der Waals surface area contributed by atoms with Crippen molar-refractivity contribution in [3.8, 4) is 17.2 Å². The highest BCUT2D eigenvalue weighted by Gasteiger charge is 2.20. The Morgan fingerprint density at radius 2 is 1.23 bits per heavy atom. The van der Waals surface area contributed by atoms with Crippen molar-refractivity contribution < 1.29 is 27.8 Å². The summed E-state index contributed by atoms with van der Waals surface area (Å²) in [5, 5.41) is 0. The molecule has 0 aliphatic rings. The molecular formula is C29H40F2O4. The number of unbranched alkanes of at least 4 members (excludes halogenated alkanes) is 7. The van der Waals surface area contributed by atoms with E-state index < -0.39 is 18.3 Å². The van der Waals surface area contributed by atoms with Gasteiger partial charge in [0.05, 0.1) is 12.2 Å². The van der Waals surface area contributed by atoms with E-state index in [4.69, 9.17) is 14.2 Å². The lowest BCUT2D eigenvalue weighted by molar-refractivity contribution is 0.0734. The third kappa shape index (κ3) is 11.6. The monoisotopic (exact) mass is 490 g/mol. The Bertz CT molecular complexity index is 824. The summed E-state index contributed by atoms with van der Waals surface area (Å²) in [6.45, 7) is 4.35. The van der Waals surface area contributed by atoms with E-state index in [0.717, 1.165) is 12.2 Å². The molecule has 0 radical (unpaired) electrons. The highest BCUT2D eigenvalue weighted by atomic mass is 19.2. The van der Waals surface area contributed by atoms with Crippen LogP contribution in [0.1, 0.15) is 88.4 Å². The first kappa shape index (κ1) is 28.6. The maximum atomic E-state index is 13.7. The number of hydrogen-bond donors (Lipinski definition) is 0. The van der Waals surface area contributed by atoms with E-state index in [1.165, 1.54) is 57.1 Å². The van der Waals surface area contributed by atoms with E-state index in [1.54, 1.807) is 43.3 Å². The van der Waals surface area contributed by atoms with E-state index >= 15 is 0 Å². The second-order valence-corrected chi connectivity index (χ2v) is 8.84. The van der Waals surface area contributed by atoms with Crippen LogP contribution in [-0.4, -0.2) is 31.5 Å². The Morgan fingerprint density at radius 1 is 0.686 bits per heavy atom. The average molecular weight is 491 g/mol. The van der Waals surface area contributed by atoms with Crippen LogP contribution in [0.4, 0.5) is 8.78 Å². The smallest absolute Gasteiger partial charge is 0.343 e. The molecule has 0 saturated carbocycles. The zero-order chi connectivity index (χ0) is 25.3. The van der Waals surface area contributed by atoms with Gasteiger partial charge >= 0.3 is 5.97 Å². The van der Waals surface area contributed by atoms with Crippen LogP contribution < -0.4 is 14.2 Å². The molecule has 35 heavy (non-hydrogen) atoms. The minimum atomic E-state index is -1.67. The van der Waals surface area contributed by atoms with Gasteiger partial charge in [0.1, 0.15) is 30.0 Å². The normalized spacial score (nSPS) is 12.7. The van der Waals surface area contributed by atoms with Gasteiger partial charge in [0, 0.05) is 0 Å². The molecule has 0 aliphatic heterocycles. The summed E-state index contributed by atoms with van der Waals surface area (Å²) in [4.78, 5) is 12.4. The largest absolute Gasteiger partial charge is 0.494 e. The van der Waals surface area contributed by atoms with Gasteiger partial charge in [-0.25, -0.2) is 13.6 Å². The lowest BCUT2D eigenvalue weighted by Gasteiger charge is -2.14. The Balaban J connectivity index is 1.68.